The fourth-order valence-electron chi connectivity index (χ4n) is 8.14. The van der Waals surface area contributed by atoms with Crippen molar-refractivity contribution in [3.63, 3.8) is 0 Å². The Morgan fingerprint density at radius 2 is 0.706 bits per heavy atom. The molecule has 0 atom stereocenters. The molecule has 0 bridgehead atoms. The summed E-state index contributed by atoms with van der Waals surface area (Å²) in [6.45, 7) is 10.3. The average Bonchev–Trinajstić information content (AvgIpc) is 3.55. The minimum atomic E-state index is -0.977. The number of hydrogen-bond acceptors (Lipinski definition) is 8. The Morgan fingerprint density at radius 3 is 1.04 bits per heavy atom. The molecule has 0 radical (unpaired) electrons. The van der Waals surface area contributed by atoms with E-state index in [9.17, 15) is 35.1 Å². The summed E-state index contributed by atoms with van der Waals surface area (Å²) in [6.07, 6.45) is 5.28. The molecule has 0 unspecified atom stereocenters. The Bertz CT molecular complexity index is 3340. The summed E-state index contributed by atoms with van der Waals surface area (Å²) < 4.78 is 153. The van der Waals surface area contributed by atoms with E-state index in [4.69, 9.17) is 37.9 Å². The van der Waals surface area contributed by atoms with Gasteiger partial charge in [-0.15, -0.1) is 0 Å². The Labute approximate surface area is 493 Å². The van der Waals surface area contributed by atoms with Gasteiger partial charge < -0.3 is 37.9 Å². The van der Waals surface area contributed by atoms with Gasteiger partial charge in [-0.2, -0.15) is 4.39 Å². The van der Waals surface area contributed by atoms with Crippen LogP contribution in [-0.4, -0.2) is 68.6 Å². The van der Waals surface area contributed by atoms with Crippen LogP contribution in [0, 0.1) is 52.5 Å². The highest BCUT2D eigenvalue weighted by Crippen LogP contribution is 2.33. The van der Waals surface area contributed by atoms with Gasteiger partial charge in [-0.05, 0) is 138 Å². The van der Waals surface area contributed by atoms with Crippen molar-refractivity contribution in [1.82, 2.24) is 0 Å². The van der Waals surface area contributed by atoms with Crippen molar-refractivity contribution in [2.24, 2.45) is 5.92 Å². The van der Waals surface area contributed by atoms with Crippen molar-refractivity contribution in [3.05, 3.63) is 221 Å². The zero-order valence-electron chi connectivity index (χ0n) is 49.2. The first-order valence-corrected chi connectivity index (χ1v) is 27.4. The number of ether oxygens (including phenoxy) is 8. The molecular weight excluding hydrogens is 1110 g/mol. The van der Waals surface area contributed by atoms with Crippen LogP contribution in [0.3, 0.4) is 0 Å². The molecule has 8 nitrogen and oxygen atoms in total. The summed E-state index contributed by atoms with van der Waals surface area (Å²) in [4.78, 5) is 0. The molecule has 16 heteroatoms. The highest BCUT2D eigenvalue weighted by atomic mass is 19.2. The molecule has 8 aromatic rings. The van der Waals surface area contributed by atoms with Crippen molar-refractivity contribution >= 4 is 0 Å². The molecule has 452 valence electrons. The zero-order chi connectivity index (χ0) is 61.8. The van der Waals surface area contributed by atoms with Crippen LogP contribution in [0.2, 0.25) is 0 Å². The predicted molar refractivity (Wildman–Crippen MR) is 319 cm³/mol. The Kier molecular flexibility index (Phi) is 28.0. The molecule has 0 aliphatic rings. The van der Waals surface area contributed by atoms with Crippen LogP contribution < -0.4 is 23.7 Å². The zero-order valence-corrected chi connectivity index (χ0v) is 49.2. The molecule has 0 amide bonds. The highest BCUT2D eigenvalue weighted by Gasteiger charge is 2.19. The summed E-state index contributed by atoms with van der Waals surface area (Å²) in [6, 6.07) is 40.1. The lowest BCUT2D eigenvalue weighted by Gasteiger charge is -2.10. The standard InChI is InChI=1S/C18H20F2O2.C18H18F2O2.C17H18F2O2.C16H16F2O2/c2*1-3-11-22-15-7-4-13(5-8-15)16-9-6-14(10-12-21-2)17(19)18(16)20;1-11(2)10-21-13-6-4-12(5-7-13)14-8-9-15(20-3)17(19)16(14)18;1-19-10-9-12-5-8-14(16(18)15(12)17)11-3-6-13(20-2)7-4-11/h4-9H,3,10-12H2,1-2H3;3-9,11H,10,12H2,1-2H3;4-9,11H,10H2,1-3H3;3-8H,9-10H2,1-2H3/b;11-3+;;. The van der Waals surface area contributed by atoms with Crippen molar-refractivity contribution < 1.29 is 73.0 Å². The van der Waals surface area contributed by atoms with Gasteiger partial charge in [0.05, 0.1) is 53.5 Å². The number of methoxy groups -OCH3 is 5. The first-order chi connectivity index (χ1) is 41.0. The van der Waals surface area contributed by atoms with Crippen molar-refractivity contribution in [3.8, 4) is 73.3 Å². The lowest BCUT2D eigenvalue weighted by Crippen LogP contribution is -2.04. The van der Waals surface area contributed by atoms with Crippen LogP contribution in [0.1, 0.15) is 50.8 Å². The summed E-state index contributed by atoms with van der Waals surface area (Å²) in [5, 5.41) is 0. The number of benzene rings is 8. The van der Waals surface area contributed by atoms with E-state index in [0.29, 0.717) is 114 Å². The molecular formula is C69H72F8O8. The van der Waals surface area contributed by atoms with Crippen molar-refractivity contribution in [1.29, 1.82) is 0 Å². The molecule has 0 saturated carbocycles. The highest BCUT2D eigenvalue weighted by molar-refractivity contribution is 5.68. The van der Waals surface area contributed by atoms with Gasteiger partial charge in [0.1, 0.15) is 23.0 Å². The average molecular weight is 1180 g/mol. The van der Waals surface area contributed by atoms with Gasteiger partial charge in [0.15, 0.2) is 46.5 Å². The predicted octanol–water partition coefficient (Wildman–Crippen LogP) is 17.8. The van der Waals surface area contributed by atoms with E-state index >= 15 is 0 Å². The first-order valence-electron chi connectivity index (χ1n) is 27.4. The summed E-state index contributed by atoms with van der Waals surface area (Å²) >= 11 is 0. The van der Waals surface area contributed by atoms with Crippen molar-refractivity contribution in [2.75, 3.05) is 68.6 Å². The Hall–Kier alpha value is -8.18. The number of allylic oxidation sites excluding steroid dienone is 1. The maximum atomic E-state index is 14.2. The maximum absolute atomic E-state index is 14.2. The molecule has 0 N–H and O–H groups in total. The molecule has 0 aliphatic heterocycles. The normalized spacial score (nSPS) is 10.8. The van der Waals surface area contributed by atoms with E-state index in [1.807, 2.05) is 13.8 Å². The van der Waals surface area contributed by atoms with Crippen LogP contribution in [0.5, 0.6) is 28.7 Å². The van der Waals surface area contributed by atoms with Gasteiger partial charge in [-0.1, -0.05) is 112 Å². The van der Waals surface area contributed by atoms with Crippen LogP contribution >= 0.6 is 0 Å². The van der Waals surface area contributed by atoms with Crippen LogP contribution in [0.25, 0.3) is 44.5 Å². The summed E-state index contributed by atoms with van der Waals surface area (Å²) in [5.74, 6) is -3.74. The molecule has 0 fully saturated rings. The molecule has 0 heterocycles. The van der Waals surface area contributed by atoms with E-state index in [2.05, 4.69) is 13.8 Å². The van der Waals surface area contributed by atoms with Crippen LogP contribution in [0.15, 0.2) is 158 Å². The van der Waals surface area contributed by atoms with Crippen LogP contribution in [-0.2, 0) is 33.5 Å². The van der Waals surface area contributed by atoms with E-state index in [0.717, 1.165) is 12.2 Å². The molecule has 0 saturated heterocycles. The van der Waals surface area contributed by atoms with Crippen LogP contribution in [0.4, 0.5) is 35.1 Å². The fourth-order valence-corrected chi connectivity index (χ4v) is 8.14. The Balaban J connectivity index is 0.000000207. The third-order valence-electron chi connectivity index (χ3n) is 12.8. The number of hydrogen-bond donors (Lipinski definition) is 0. The lowest BCUT2D eigenvalue weighted by molar-refractivity contribution is 0.201. The molecule has 0 aromatic heterocycles. The lowest BCUT2D eigenvalue weighted by atomic mass is 10.0. The van der Waals surface area contributed by atoms with Gasteiger partial charge >= 0.3 is 0 Å². The van der Waals surface area contributed by atoms with E-state index in [-0.39, 0.29) is 28.0 Å². The number of rotatable bonds is 23. The first kappa shape index (κ1) is 67.6. The number of halogens is 8. The van der Waals surface area contributed by atoms with Gasteiger partial charge in [0.2, 0.25) is 5.82 Å². The third-order valence-corrected chi connectivity index (χ3v) is 12.8. The molecule has 8 rings (SSSR count). The quantitative estimate of drug-likeness (QED) is 0.0463. The minimum absolute atomic E-state index is 0.104. The monoisotopic (exact) mass is 1180 g/mol. The largest absolute Gasteiger partial charge is 0.497 e. The fraction of sp³-hybridized carbons (Fsp3) is 0.275. The Morgan fingerprint density at radius 1 is 0.365 bits per heavy atom. The minimum Gasteiger partial charge on any atom is -0.497 e. The van der Waals surface area contributed by atoms with E-state index in [1.54, 1.807) is 153 Å². The van der Waals surface area contributed by atoms with Crippen molar-refractivity contribution in [2.45, 2.75) is 53.4 Å². The topological polar surface area (TPSA) is 73.8 Å². The molecule has 0 spiro atoms. The SMILES string of the molecule is C/C=C/Oc1ccc(-c2ccc(CCOC)c(F)c2F)cc1.CCCOc1ccc(-c2ccc(CCOC)c(F)c2F)cc1.COCCc1ccc(-c2ccc(OC)cc2)c(F)c1F.COc1ccc(-c2ccc(OCC(C)C)cc2)c(F)c1F. The van der Waals surface area contributed by atoms with E-state index < -0.39 is 46.5 Å². The molecule has 8 aromatic carbocycles. The smallest absolute Gasteiger partial charge is 0.201 e. The second-order valence-electron chi connectivity index (χ2n) is 19.3. The summed E-state index contributed by atoms with van der Waals surface area (Å²) in [7, 11) is 7.45. The molecule has 85 heavy (non-hydrogen) atoms. The second kappa shape index (κ2) is 35.2. The van der Waals surface area contributed by atoms with Gasteiger partial charge in [-0.25, -0.2) is 30.7 Å². The van der Waals surface area contributed by atoms with Gasteiger partial charge in [0.25, 0.3) is 0 Å². The van der Waals surface area contributed by atoms with Gasteiger partial charge in [0, 0.05) is 43.6 Å². The van der Waals surface area contributed by atoms with Gasteiger partial charge in [-0.3, -0.25) is 0 Å². The maximum Gasteiger partial charge on any atom is 0.201 e. The second-order valence-corrected chi connectivity index (χ2v) is 19.3. The summed E-state index contributed by atoms with van der Waals surface area (Å²) in [5.41, 5.74) is 4.31. The third kappa shape index (κ3) is 19.7. The molecule has 0 aliphatic carbocycles. The van der Waals surface area contributed by atoms with E-state index in [1.165, 1.54) is 40.6 Å².